The molecule has 246 valence electrons. The highest BCUT2D eigenvalue weighted by Crippen LogP contribution is 2.30. The Balaban J connectivity index is 1.84. The number of nitro groups is 1. The van der Waals surface area contributed by atoms with Gasteiger partial charge in [0.05, 0.1) is 32.7 Å². The van der Waals surface area contributed by atoms with E-state index in [2.05, 4.69) is 5.32 Å². The van der Waals surface area contributed by atoms with E-state index < -0.39 is 45.0 Å². The molecule has 11 nitrogen and oxygen atoms in total. The fraction of sp³-hybridized carbons (Fsp3) is 0.212. The third kappa shape index (κ3) is 8.39. The van der Waals surface area contributed by atoms with E-state index in [1.54, 1.807) is 30.3 Å². The van der Waals surface area contributed by atoms with Crippen molar-refractivity contribution >= 4 is 56.4 Å². The van der Waals surface area contributed by atoms with Crippen molar-refractivity contribution in [2.45, 2.75) is 30.8 Å². The first kappa shape index (κ1) is 35.2. The summed E-state index contributed by atoms with van der Waals surface area (Å²) < 4.78 is 34.5. The van der Waals surface area contributed by atoms with Gasteiger partial charge in [0.1, 0.15) is 18.3 Å². The second-order valence-electron chi connectivity index (χ2n) is 10.5. The highest BCUT2D eigenvalue weighted by atomic mass is 35.5. The van der Waals surface area contributed by atoms with Crippen LogP contribution in [0.3, 0.4) is 0 Å². The smallest absolute Gasteiger partial charge is 0.273 e. The molecule has 0 saturated carbocycles. The summed E-state index contributed by atoms with van der Waals surface area (Å²) in [6.45, 7) is 0.624. The van der Waals surface area contributed by atoms with Crippen LogP contribution in [0.25, 0.3) is 0 Å². The first-order valence-corrected chi connectivity index (χ1v) is 16.5. The maximum absolute atomic E-state index is 14.4. The van der Waals surface area contributed by atoms with Gasteiger partial charge in [-0.25, -0.2) is 8.42 Å². The van der Waals surface area contributed by atoms with Crippen LogP contribution < -0.4 is 14.4 Å². The van der Waals surface area contributed by atoms with Crippen LogP contribution >= 0.6 is 23.2 Å². The lowest BCUT2D eigenvalue weighted by molar-refractivity contribution is -0.385. The van der Waals surface area contributed by atoms with Gasteiger partial charge in [0.15, 0.2) is 0 Å². The third-order valence-corrected chi connectivity index (χ3v) is 9.97. The SMILES string of the molecule is CNC(=O)[C@@H](Cc1ccccc1)N(Cc1ccc(Cl)c(Cl)c1)C(=O)CN(c1ccc(OC)cc1)S(=O)(=O)c1ccc(C)c([N+](=O)[O-])c1. The van der Waals surface area contributed by atoms with Crippen LogP contribution in [0.15, 0.2) is 95.9 Å². The van der Waals surface area contributed by atoms with E-state index in [9.17, 15) is 28.1 Å². The number of anilines is 1. The molecule has 0 aliphatic heterocycles. The van der Waals surface area contributed by atoms with Gasteiger partial charge in [0.2, 0.25) is 11.8 Å². The van der Waals surface area contributed by atoms with E-state index in [4.69, 9.17) is 27.9 Å². The molecule has 0 fully saturated rings. The average molecular weight is 700 g/mol. The number of likely N-dealkylation sites (N-methyl/N-ethyl adjacent to an activating group) is 1. The van der Waals surface area contributed by atoms with Gasteiger partial charge in [-0.2, -0.15) is 0 Å². The molecule has 47 heavy (non-hydrogen) atoms. The molecular weight excluding hydrogens is 667 g/mol. The Morgan fingerprint density at radius 3 is 2.21 bits per heavy atom. The number of methoxy groups -OCH3 is 1. The molecule has 0 aliphatic carbocycles. The standard InChI is InChI=1S/C33H32Cl2N4O7S/c1-22-9-15-27(19-30(22)39(42)43)47(44,45)38(25-11-13-26(46-3)14-12-25)21-32(40)37(20-24-10-16-28(34)29(35)17-24)31(33(41)36-2)18-23-7-5-4-6-8-23/h4-17,19,31H,18,20-21H2,1-3H3,(H,36,41)/t31-/m1/s1. The average Bonchev–Trinajstić information content (AvgIpc) is 3.06. The van der Waals surface area contributed by atoms with Crippen molar-refractivity contribution in [3.8, 4) is 5.75 Å². The number of ether oxygens (including phenoxy) is 1. The van der Waals surface area contributed by atoms with E-state index in [0.717, 1.165) is 15.9 Å². The molecule has 1 atom stereocenters. The molecule has 4 aromatic carbocycles. The maximum Gasteiger partial charge on any atom is 0.273 e. The highest BCUT2D eigenvalue weighted by molar-refractivity contribution is 7.92. The van der Waals surface area contributed by atoms with Gasteiger partial charge in [0, 0.05) is 31.6 Å². The normalized spacial score (nSPS) is 11.8. The number of halogens is 2. The number of nitrogens with zero attached hydrogens (tertiary/aromatic N) is 3. The van der Waals surface area contributed by atoms with Crippen LogP contribution in [0.2, 0.25) is 10.0 Å². The summed E-state index contributed by atoms with van der Waals surface area (Å²) >= 11 is 12.4. The molecule has 0 heterocycles. The van der Waals surface area contributed by atoms with Gasteiger partial charge in [-0.3, -0.25) is 24.0 Å². The van der Waals surface area contributed by atoms with E-state index >= 15 is 0 Å². The van der Waals surface area contributed by atoms with Crippen LogP contribution in [0.1, 0.15) is 16.7 Å². The molecule has 2 amide bonds. The van der Waals surface area contributed by atoms with Crippen molar-refractivity contribution in [2.75, 3.05) is 25.0 Å². The summed E-state index contributed by atoms with van der Waals surface area (Å²) in [4.78, 5) is 39.7. The van der Waals surface area contributed by atoms with Gasteiger partial charge in [-0.1, -0.05) is 65.7 Å². The summed E-state index contributed by atoms with van der Waals surface area (Å²) in [7, 11) is -1.67. The number of hydrogen-bond acceptors (Lipinski definition) is 7. The second-order valence-corrected chi connectivity index (χ2v) is 13.2. The molecular formula is C33H32Cl2N4O7S. The van der Waals surface area contributed by atoms with Gasteiger partial charge < -0.3 is 15.0 Å². The zero-order valence-electron chi connectivity index (χ0n) is 25.7. The van der Waals surface area contributed by atoms with Gasteiger partial charge >= 0.3 is 0 Å². The van der Waals surface area contributed by atoms with Crippen LogP contribution in [0.5, 0.6) is 5.75 Å². The summed E-state index contributed by atoms with van der Waals surface area (Å²) in [5, 5.41) is 14.8. The molecule has 4 rings (SSSR count). The Labute approximate surface area is 282 Å². The third-order valence-electron chi connectivity index (χ3n) is 7.46. The Morgan fingerprint density at radius 2 is 1.62 bits per heavy atom. The lowest BCUT2D eigenvalue weighted by atomic mass is 10.0. The molecule has 0 unspecified atom stereocenters. The number of nitrogens with one attached hydrogen (secondary N) is 1. The zero-order chi connectivity index (χ0) is 34.3. The summed E-state index contributed by atoms with van der Waals surface area (Å²) in [6.07, 6.45) is 0.118. The number of nitro benzene ring substituents is 1. The quantitative estimate of drug-likeness (QED) is 0.138. The summed E-state index contributed by atoms with van der Waals surface area (Å²) in [6, 6.07) is 22.3. The second kappa shape index (κ2) is 15.3. The molecule has 14 heteroatoms. The molecule has 0 radical (unpaired) electrons. The lowest BCUT2D eigenvalue weighted by Crippen LogP contribution is -2.53. The topological polar surface area (TPSA) is 139 Å². The van der Waals surface area contributed by atoms with Crippen molar-refractivity contribution in [3.63, 3.8) is 0 Å². The van der Waals surface area contributed by atoms with Gasteiger partial charge in [-0.15, -0.1) is 0 Å². The van der Waals surface area contributed by atoms with Crippen molar-refractivity contribution in [1.29, 1.82) is 0 Å². The number of sulfonamides is 1. The molecule has 0 spiro atoms. The van der Waals surface area contributed by atoms with Gasteiger partial charge in [-0.05, 0) is 60.5 Å². The molecule has 4 aromatic rings. The van der Waals surface area contributed by atoms with E-state index in [1.807, 2.05) is 18.2 Å². The molecule has 0 saturated heterocycles. The largest absolute Gasteiger partial charge is 0.497 e. The molecule has 0 aromatic heterocycles. The number of carbonyl (C=O) groups is 2. The van der Waals surface area contributed by atoms with E-state index in [-0.39, 0.29) is 34.1 Å². The Morgan fingerprint density at radius 1 is 0.936 bits per heavy atom. The number of benzene rings is 4. The first-order valence-electron chi connectivity index (χ1n) is 14.3. The molecule has 1 N–H and O–H groups in total. The van der Waals surface area contributed by atoms with E-state index in [0.29, 0.717) is 16.3 Å². The Hall–Kier alpha value is -4.65. The number of carbonyl (C=O) groups excluding carboxylic acids is 2. The number of amides is 2. The Bertz CT molecular complexity index is 1870. The monoisotopic (exact) mass is 698 g/mol. The Kier molecular flexibility index (Phi) is 11.5. The van der Waals surface area contributed by atoms with Crippen LogP contribution in [0.4, 0.5) is 11.4 Å². The summed E-state index contributed by atoms with van der Waals surface area (Å²) in [5.74, 6) is -0.760. The number of hydrogen-bond donors (Lipinski definition) is 1. The maximum atomic E-state index is 14.4. The van der Waals surface area contributed by atoms with Crippen molar-refractivity contribution in [3.05, 3.63) is 128 Å². The highest BCUT2D eigenvalue weighted by Gasteiger charge is 2.35. The van der Waals surface area contributed by atoms with Crippen LogP contribution in [-0.2, 0) is 32.6 Å². The fourth-order valence-corrected chi connectivity index (χ4v) is 6.66. The minimum absolute atomic E-state index is 0.0939. The van der Waals surface area contributed by atoms with Crippen molar-refractivity contribution in [1.82, 2.24) is 10.2 Å². The predicted octanol–water partition coefficient (Wildman–Crippen LogP) is 5.80. The van der Waals surface area contributed by atoms with E-state index in [1.165, 1.54) is 62.4 Å². The fourth-order valence-electron chi connectivity index (χ4n) is 4.91. The van der Waals surface area contributed by atoms with Crippen molar-refractivity contribution in [2.24, 2.45) is 0 Å². The minimum Gasteiger partial charge on any atom is -0.497 e. The van der Waals surface area contributed by atoms with Crippen molar-refractivity contribution < 1.29 is 27.7 Å². The van der Waals surface area contributed by atoms with Gasteiger partial charge in [0.25, 0.3) is 15.7 Å². The predicted molar refractivity (Wildman–Crippen MR) is 180 cm³/mol. The number of aryl methyl sites for hydroxylation is 1. The van der Waals surface area contributed by atoms with Crippen LogP contribution in [0, 0.1) is 17.0 Å². The zero-order valence-corrected chi connectivity index (χ0v) is 28.1. The number of rotatable bonds is 13. The molecule has 0 bridgehead atoms. The first-order chi connectivity index (χ1) is 22.3. The lowest BCUT2D eigenvalue weighted by Gasteiger charge is -2.33. The van der Waals surface area contributed by atoms with Crippen LogP contribution in [-0.4, -0.2) is 56.8 Å². The summed E-state index contributed by atoms with van der Waals surface area (Å²) in [5.41, 5.74) is 1.28. The molecule has 0 aliphatic rings. The minimum atomic E-state index is -4.57.